The molecule has 0 aliphatic rings. The highest BCUT2D eigenvalue weighted by molar-refractivity contribution is 5.09. The van der Waals surface area contributed by atoms with E-state index in [0.29, 0.717) is 5.41 Å². The van der Waals surface area contributed by atoms with Crippen molar-refractivity contribution in [2.45, 2.75) is 53.1 Å². The predicted octanol–water partition coefficient (Wildman–Crippen LogP) is 2.98. The van der Waals surface area contributed by atoms with Gasteiger partial charge in [-0.05, 0) is 50.9 Å². The first-order valence-electron chi connectivity index (χ1n) is 7.13. The third kappa shape index (κ3) is 7.28. The largest absolute Gasteiger partial charge is 0.328 e. The van der Waals surface area contributed by atoms with Crippen LogP contribution < -0.4 is 5.73 Å². The van der Waals surface area contributed by atoms with Crippen LogP contribution >= 0.6 is 0 Å². The molecule has 1 rings (SSSR count). The Balaban J connectivity index is 2.34. The van der Waals surface area contributed by atoms with Crippen molar-refractivity contribution >= 4 is 0 Å². The van der Waals surface area contributed by atoms with Crippen LogP contribution in [0.1, 0.15) is 45.0 Å². The van der Waals surface area contributed by atoms with E-state index < -0.39 is 0 Å². The van der Waals surface area contributed by atoms with Crippen molar-refractivity contribution in [3.05, 3.63) is 29.6 Å². The fraction of sp³-hybridized carbons (Fsp3) is 0.688. The van der Waals surface area contributed by atoms with Gasteiger partial charge in [0.05, 0.1) is 5.69 Å². The molecule has 3 heteroatoms. The van der Waals surface area contributed by atoms with Crippen molar-refractivity contribution < 1.29 is 0 Å². The predicted molar refractivity (Wildman–Crippen MR) is 82.0 cm³/mol. The maximum atomic E-state index is 6.18. The van der Waals surface area contributed by atoms with Crippen LogP contribution in [0.2, 0.25) is 0 Å². The summed E-state index contributed by atoms with van der Waals surface area (Å²) in [5.41, 5.74) is 8.71. The molecule has 0 bridgehead atoms. The molecule has 2 N–H and O–H groups in total. The minimum absolute atomic E-state index is 0.285. The Bertz CT molecular complexity index is 382. The van der Waals surface area contributed by atoms with Crippen LogP contribution in [0.5, 0.6) is 0 Å². The van der Waals surface area contributed by atoms with Gasteiger partial charge < -0.3 is 10.6 Å². The van der Waals surface area contributed by atoms with Crippen molar-refractivity contribution in [2.24, 2.45) is 11.1 Å². The Morgan fingerprint density at radius 3 is 2.58 bits per heavy atom. The van der Waals surface area contributed by atoms with E-state index in [0.717, 1.165) is 37.3 Å². The van der Waals surface area contributed by atoms with Gasteiger partial charge in [-0.2, -0.15) is 0 Å². The molecule has 0 saturated heterocycles. The standard InChI is InChI=1S/C16H29N3/c1-13-7-6-8-15(18-13)12-19(5)10-9-14(17)11-16(2,3)4/h6-8,14H,9-12,17H2,1-5H3. The lowest BCUT2D eigenvalue weighted by Gasteiger charge is -2.25. The van der Waals surface area contributed by atoms with E-state index in [4.69, 9.17) is 5.73 Å². The van der Waals surface area contributed by atoms with Crippen LogP contribution in [0.3, 0.4) is 0 Å². The third-order valence-electron chi connectivity index (χ3n) is 3.13. The number of hydrogen-bond acceptors (Lipinski definition) is 3. The first-order valence-corrected chi connectivity index (χ1v) is 7.13. The summed E-state index contributed by atoms with van der Waals surface area (Å²) < 4.78 is 0. The molecule has 0 spiro atoms. The highest BCUT2D eigenvalue weighted by atomic mass is 15.1. The zero-order valence-corrected chi connectivity index (χ0v) is 13.1. The zero-order chi connectivity index (χ0) is 14.5. The molecule has 0 amide bonds. The lowest BCUT2D eigenvalue weighted by molar-refractivity contribution is 0.276. The van der Waals surface area contributed by atoms with Crippen LogP contribution in [0, 0.1) is 12.3 Å². The SMILES string of the molecule is Cc1cccc(CN(C)CCC(N)CC(C)(C)C)n1. The summed E-state index contributed by atoms with van der Waals surface area (Å²) in [4.78, 5) is 6.82. The van der Waals surface area contributed by atoms with Crippen molar-refractivity contribution in [1.29, 1.82) is 0 Å². The van der Waals surface area contributed by atoms with E-state index >= 15 is 0 Å². The van der Waals surface area contributed by atoms with Gasteiger partial charge in [0.2, 0.25) is 0 Å². The zero-order valence-electron chi connectivity index (χ0n) is 13.1. The number of hydrogen-bond donors (Lipinski definition) is 1. The molecule has 0 aliphatic heterocycles. The number of rotatable bonds is 6. The van der Waals surface area contributed by atoms with Gasteiger partial charge >= 0.3 is 0 Å². The Labute approximate surface area is 118 Å². The third-order valence-corrected chi connectivity index (χ3v) is 3.13. The second kappa shape index (κ2) is 7.01. The molecule has 1 aromatic rings. The summed E-state index contributed by atoms with van der Waals surface area (Å²) in [5, 5.41) is 0. The molecule has 0 aromatic carbocycles. The summed E-state index contributed by atoms with van der Waals surface area (Å²) >= 11 is 0. The molecule has 1 atom stereocenters. The van der Waals surface area contributed by atoms with Crippen LogP contribution in [0.25, 0.3) is 0 Å². The summed E-state index contributed by atoms with van der Waals surface area (Å²) in [6.45, 7) is 10.7. The van der Waals surface area contributed by atoms with Crippen LogP contribution in [-0.2, 0) is 6.54 Å². The minimum Gasteiger partial charge on any atom is -0.328 e. The second-order valence-electron chi connectivity index (χ2n) is 6.82. The van der Waals surface area contributed by atoms with E-state index in [1.54, 1.807) is 0 Å². The molecule has 0 saturated carbocycles. The van der Waals surface area contributed by atoms with E-state index in [1.807, 2.05) is 13.0 Å². The fourth-order valence-electron chi connectivity index (χ4n) is 2.32. The van der Waals surface area contributed by atoms with Gasteiger partial charge in [-0.3, -0.25) is 4.98 Å². The molecular weight excluding hydrogens is 234 g/mol. The van der Waals surface area contributed by atoms with Gasteiger partial charge in [-0.25, -0.2) is 0 Å². The van der Waals surface area contributed by atoms with Crippen molar-refractivity contribution in [3.63, 3.8) is 0 Å². The first-order chi connectivity index (χ1) is 8.76. The molecule has 1 aromatic heterocycles. The Kier molecular flexibility index (Phi) is 5.95. The topological polar surface area (TPSA) is 42.1 Å². The summed E-state index contributed by atoms with van der Waals surface area (Å²) in [5.74, 6) is 0. The van der Waals surface area contributed by atoms with Crippen molar-refractivity contribution in [3.8, 4) is 0 Å². The molecule has 0 radical (unpaired) electrons. The number of nitrogens with two attached hydrogens (primary N) is 1. The molecule has 19 heavy (non-hydrogen) atoms. The first kappa shape index (κ1) is 16.1. The van der Waals surface area contributed by atoms with Crippen LogP contribution in [0.4, 0.5) is 0 Å². The summed E-state index contributed by atoms with van der Waals surface area (Å²) in [7, 11) is 2.13. The van der Waals surface area contributed by atoms with Crippen molar-refractivity contribution in [1.82, 2.24) is 9.88 Å². The molecule has 3 nitrogen and oxygen atoms in total. The van der Waals surface area contributed by atoms with Gasteiger partial charge in [0.1, 0.15) is 0 Å². The average Bonchev–Trinajstić information content (AvgIpc) is 2.24. The maximum absolute atomic E-state index is 6.18. The van der Waals surface area contributed by atoms with Gasteiger partial charge in [-0.1, -0.05) is 26.8 Å². The van der Waals surface area contributed by atoms with Gasteiger partial charge in [0.25, 0.3) is 0 Å². The molecular formula is C16H29N3. The van der Waals surface area contributed by atoms with Gasteiger partial charge in [-0.15, -0.1) is 0 Å². The van der Waals surface area contributed by atoms with E-state index in [-0.39, 0.29) is 6.04 Å². The Morgan fingerprint density at radius 2 is 2.00 bits per heavy atom. The Hall–Kier alpha value is -0.930. The molecule has 0 fully saturated rings. The highest BCUT2D eigenvalue weighted by Crippen LogP contribution is 2.21. The highest BCUT2D eigenvalue weighted by Gasteiger charge is 2.15. The number of aromatic nitrogens is 1. The maximum Gasteiger partial charge on any atom is 0.0547 e. The molecule has 1 heterocycles. The monoisotopic (exact) mass is 263 g/mol. The van der Waals surface area contributed by atoms with E-state index in [9.17, 15) is 0 Å². The van der Waals surface area contributed by atoms with E-state index in [1.165, 1.54) is 0 Å². The lowest BCUT2D eigenvalue weighted by atomic mass is 9.87. The summed E-state index contributed by atoms with van der Waals surface area (Å²) in [6.07, 6.45) is 2.11. The number of pyridine rings is 1. The fourth-order valence-corrected chi connectivity index (χ4v) is 2.32. The normalized spacial score (nSPS) is 13.8. The smallest absolute Gasteiger partial charge is 0.0547 e. The molecule has 0 aliphatic carbocycles. The lowest BCUT2D eigenvalue weighted by Crippen LogP contribution is -2.31. The number of aryl methyl sites for hydroxylation is 1. The second-order valence-corrected chi connectivity index (χ2v) is 6.82. The van der Waals surface area contributed by atoms with Gasteiger partial charge in [0.15, 0.2) is 0 Å². The average molecular weight is 263 g/mol. The van der Waals surface area contributed by atoms with Crippen LogP contribution in [-0.4, -0.2) is 29.5 Å². The van der Waals surface area contributed by atoms with E-state index in [2.05, 4.69) is 49.8 Å². The van der Waals surface area contributed by atoms with Gasteiger partial charge in [0, 0.05) is 18.3 Å². The number of nitrogens with zero attached hydrogens (tertiary/aromatic N) is 2. The minimum atomic E-state index is 0.285. The quantitative estimate of drug-likeness (QED) is 0.858. The van der Waals surface area contributed by atoms with Crippen LogP contribution in [0.15, 0.2) is 18.2 Å². The Morgan fingerprint density at radius 1 is 1.32 bits per heavy atom. The molecule has 1 unspecified atom stereocenters. The molecule has 108 valence electrons. The van der Waals surface area contributed by atoms with Crippen molar-refractivity contribution in [2.75, 3.05) is 13.6 Å². The summed E-state index contributed by atoms with van der Waals surface area (Å²) in [6, 6.07) is 6.46.